The molecule has 0 spiro atoms. The van der Waals surface area contributed by atoms with Gasteiger partial charge in [-0.1, -0.05) is 37.4 Å². The second-order valence-corrected chi connectivity index (χ2v) is 11.1. The molecular weight excluding hydrogens is 676 g/mol. The number of nitrogens with zero attached hydrogens (tertiary/aromatic N) is 2. The van der Waals surface area contributed by atoms with Crippen molar-refractivity contribution in [3.05, 3.63) is 108 Å². The van der Waals surface area contributed by atoms with Crippen molar-refractivity contribution >= 4 is 36.0 Å². The minimum absolute atomic E-state index is 0.0463. The Labute approximate surface area is 300 Å². The largest absolute Gasteiger partial charge is 0.494 e. The fourth-order valence-electron chi connectivity index (χ4n) is 4.94. The van der Waals surface area contributed by atoms with Gasteiger partial charge in [0.15, 0.2) is 12.2 Å². The molecule has 14 nitrogen and oxygen atoms in total. The van der Waals surface area contributed by atoms with E-state index >= 15 is 0 Å². The summed E-state index contributed by atoms with van der Waals surface area (Å²) in [6.45, 7) is 14.9. The molecule has 0 amide bonds. The summed E-state index contributed by atoms with van der Waals surface area (Å²) in [5.41, 5.74) is 0.591. The number of benzene rings is 2. The summed E-state index contributed by atoms with van der Waals surface area (Å²) in [6.07, 6.45) is 3.00. The third-order valence-electron chi connectivity index (χ3n) is 7.51. The number of fused-ring (bicyclic) bond motifs is 1. The van der Waals surface area contributed by atoms with E-state index in [0.29, 0.717) is 42.1 Å². The van der Waals surface area contributed by atoms with E-state index in [-0.39, 0.29) is 44.3 Å². The molecule has 0 radical (unpaired) electrons. The van der Waals surface area contributed by atoms with Gasteiger partial charge in [-0.05, 0) is 60.4 Å². The molecule has 2 aliphatic heterocycles. The molecule has 0 aliphatic carbocycles. The number of rotatable bonds is 18. The summed E-state index contributed by atoms with van der Waals surface area (Å²) in [5, 5.41) is 9.64. The first kappa shape index (κ1) is 38.6. The molecule has 0 unspecified atom stereocenters. The fraction of sp³-hybridized carbons (Fsp3) is 0.316. The van der Waals surface area contributed by atoms with Crippen LogP contribution in [0.4, 0.5) is 0 Å². The van der Waals surface area contributed by atoms with Crippen LogP contribution in [0.3, 0.4) is 0 Å². The maximum atomic E-state index is 12.9. The van der Waals surface area contributed by atoms with Gasteiger partial charge in [0.1, 0.15) is 48.6 Å². The molecule has 2 aliphatic rings. The molecule has 2 saturated heterocycles. The van der Waals surface area contributed by atoms with Crippen LogP contribution in [0.15, 0.2) is 85.1 Å². The standard InChI is InChI=1S/C38H36N2O12/c1-4-33(41)47-17-7-6-16-45-28-14-10-26(11-15-28)21-30(40-3)38(44)52-32-24-50-35-31(23-49-36(32)35)51-37(43)27(22-39)20-25-8-12-29(13-9-25)46-18-19-48-34(42)5-2/h4-5,8-15,20-21,31-32,35-36H,1-2,6-7,16-19,23-24H2/b27-20+,30-21-/t31-,32+,35-,36-/m1/s1. The zero-order chi connectivity index (χ0) is 37.3. The van der Waals surface area contributed by atoms with Crippen molar-refractivity contribution in [2.45, 2.75) is 37.3 Å². The van der Waals surface area contributed by atoms with E-state index in [1.54, 1.807) is 48.5 Å². The first-order valence-corrected chi connectivity index (χ1v) is 16.1. The van der Waals surface area contributed by atoms with E-state index in [4.69, 9.17) is 44.5 Å². The monoisotopic (exact) mass is 712 g/mol. The van der Waals surface area contributed by atoms with Gasteiger partial charge in [-0.3, -0.25) is 4.79 Å². The number of hydrogen-bond acceptors (Lipinski definition) is 13. The van der Waals surface area contributed by atoms with Crippen molar-refractivity contribution in [1.82, 2.24) is 0 Å². The van der Waals surface area contributed by atoms with E-state index in [9.17, 15) is 24.4 Å². The molecule has 0 N–H and O–H groups in total. The van der Waals surface area contributed by atoms with E-state index < -0.39 is 48.3 Å². The Bertz CT molecular complexity index is 1750. The molecule has 2 heterocycles. The van der Waals surface area contributed by atoms with Crippen LogP contribution < -0.4 is 9.47 Å². The lowest BCUT2D eigenvalue weighted by Crippen LogP contribution is -2.36. The molecule has 0 saturated carbocycles. The molecule has 270 valence electrons. The zero-order valence-electron chi connectivity index (χ0n) is 28.1. The highest BCUT2D eigenvalue weighted by Crippen LogP contribution is 2.32. The van der Waals surface area contributed by atoms with Gasteiger partial charge in [0.25, 0.3) is 5.70 Å². The maximum absolute atomic E-state index is 12.9. The molecule has 14 heteroatoms. The number of esters is 4. The Balaban J connectivity index is 1.24. The molecule has 0 aromatic heterocycles. The molecule has 2 aromatic carbocycles. The molecule has 4 rings (SSSR count). The first-order valence-electron chi connectivity index (χ1n) is 16.1. The molecule has 0 bridgehead atoms. The van der Waals surface area contributed by atoms with E-state index in [1.165, 1.54) is 12.2 Å². The van der Waals surface area contributed by atoms with Crippen LogP contribution in [0.25, 0.3) is 17.0 Å². The lowest BCUT2D eigenvalue weighted by atomic mass is 10.1. The highest BCUT2D eigenvalue weighted by atomic mass is 16.7. The van der Waals surface area contributed by atoms with Gasteiger partial charge in [0, 0.05) is 12.2 Å². The van der Waals surface area contributed by atoms with Crippen molar-refractivity contribution < 1.29 is 57.1 Å². The minimum atomic E-state index is -0.883. The van der Waals surface area contributed by atoms with Crippen LogP contribution >= 0.6 is 0 Å². The Morgan fingerprint density at radius 2 is 1.25 bits per heavy atom. The van der Waals surface area contributed by atoms with Crippen molar-refractivity contribution in [3.63, 3.8) is 0 Å². The summed E-state index contributed by atoms with van der Waals surface area (Å²) in [7, 11) is 0. The molecule has 2 aromatic rings. The quantitative estimate of drug-likeness (QED) is 0.0539. The number of carbonyl (C=O) groups excluding carboxylic acids is 4. The first-order chi connectivity index (χ1) is 25.2. The average molecular weight is 713 g/mol. The number of nitriles is 1. The summed E-state index contributed by atoms with van der Waals surface area (Å²) in [6, 6.07) is 15.2. The Hall–Kier alpha value is -6.22. The normalized spacial score (nSPS) is 19.2. The number of carbonyl (C=O) groups is 4. The third kappa shape index (κ3) is 11.4. The number of hydrogen-bond donors (Lipinski definition) is 0. The Kier molecular flexibility index (Phi) is 14.7. The third-order valence-corrected chi connectivity index (χ3v) is 7.51. The lowest BCUT2D eigenvalue weighted by molar-refractivity contribution is -0.150. The van der Waals surface area contributed by atoms with Crippen molar-refractivity contribution in [1.29, 1.82) is 5.26 Å². The molecular formula is C38H36N2O12. The van der Waals surface area contributed by atoms with Crippen LogP contribution in [-0.2, 0) is 47.6 Å². The fourth-order valence-corrected chi connectivity index (χ4v) is 4.94. The van der Waals surface area contributed by atoms with Gasteiger partial charge in [-0.25, -0.2) is 19.2 Å². The summed E-state index contributed by atoms with van der Waals surface area (Å²) in [5.74, 6) is -1.69. The maximum Gasteiger partial charge on any atom is 0.349 e. The number of unbranched alkanes of at least 4 members (excludes halogenated alkanes) is 1. The van der Waals surface area contributed by atoms with Crippen LogP contribution in [0.1, 0.15) is 24.0 Å². The van der Waals surface area contributed by atoms with E-state index in [1.807, 2.05) is 6.07 Å². The van der Waals surface area contributed by atoms with Gasteiger partial charge < -0.3 is 37.9 Å². The van der Waals surface area contributed by atoms with Crippen LogP contribution in [0, 0.1) is 17.9 Å². The zero-order valence-corrected chi connectivity index (χ0v) is 28.1. The Morgan fingerprint density at radius 1 is 0.750 bits per heavy atom. The van der Waals surface area contributed by atoms with Crippen molar-refractivity contribution in [3.8, 4) is 17.6 Å². The van der Waals surface area contributed by atoms with Gasteiger partial charge in [0.05, 0.1) is 33.0 Å². The Morgan fingerprint density at radius 3 is 1.79 bits per heavy atom. The second-order valence-electron chi connectivity index (χ2n) is 11.1. The van der Waals surface area contributed by atoms with Gasteiger partial charge >= 0.3 is 23.9 Å². The smallest absolute Gasteiger partial charge is 0.349 e. The van der Waals surface area contributed by atoms with Crippen molar-refractivity contribution in [2.75, 3.05) is 39.6 Å². The van der Waals surface area contributed by atoms with Gasteiger partial charge in [-0.15, -0.1) is 0 Å². The van der Waals surface area contributed by atoms with Crippen LogP contribution in [-0.4, -0.2) is 87.9 Å². The molecule has 2 fully saturated rings. The predicted molar refractivity (Wildman–Crippen MR) is 183 cm³/mol. The van der Waals surface area contributed by atoms with E-state index in [0.717, 1.165) is 12.2 Å². The lowest BCUT2D eigenvalue weighted by Gasteiger charge is -2.17. The topological polar surface area (TPSA) is 170 Å². The van der Waals surface area contributed by atoms with Crippen molar-refractivity contribution in [2.24, 2.45) is 0 Å². The second kappa shape index (κ2) is 19.8. The van der Waals surface area contributed by atoms with Crippen LogP contribution in [0.5, 0.6) is 11.5 Å². The highest BCUT2D eigenvalue weighted by Gasteiger charge is 2.51. The van der Waals surface area contributed by atoms with Gasteiger partial charge in [-0.2, -0.15) is 5.26 Å². The summed E-state index contributed by atoms with van der Waals surface area (Å²) in [4.78, 5) is 51.3. The van der Waals surface area contributed by atoms with Gasteiger partial charge in [0.2, 0.25) is 0 Å². The van der Waals surface area contributed by atoms with E-state index in [2.05, 4.69) is 18.0 Å². The highest BCUT2D eigenvalue weighted by molar-refractivity contribution is 5.98. The molecule has 52 heavy (non-hydrogen) atoms. The molecule has 4 atom stereocenters. The summed E-state index contributed by atoms with van der Waals surface area (Å²) >= 11 is 0. The average Bonchev–Trinajstić information content (AvgIpc) is 3.76. The minimum Gasteiger partial charge on any atom is -0.494 e. The van der Waals surface area contributed by atoms with Crippen LogP contribution in [0.2, 0.25) is 0 Å². The number of ether oxygens (including phenoxy) is 8. The SMILES string of the molecule is [C-]#[N+]/C(=C\c1ccc(OCCCCOC(=O)C=C)cc1)C(=O)O[C@H]1CO[C@H]2[C@@H]1OC[C@H]2OC(=O)/C(C#N)=C/c1ccc(OCCOC(=O)C=C)cc1. The summed E-state index contributed by atoms with van der Waals surface area (Å²) < 4.78 is 43.6. The predicted octanol–water partition coefficient (Wildman–Crippen LogP) is 4.17.